The lowest BCUT2D eigenvalue weighted by molar-refractivity contribution is 1.39. The lowest BCUT2D eigenvalue weighted by Crippen LogP contribution is -2.55. The Morgan fingerprint density at radius 2 is 1.31 bits per heavy atom. The average Bonchev–Trinajstić information content (AvgIpc) is 3.32. The molecule has 0 aliphatic carbocycles. The zero-order valence-electron chi connectivity index (χ0n) is 14.0. The second kappa shape index (κ2) is 5.26. The summed E-state index contributed by atoms with van der Waals surface area (Å²) in [5.74, 6) is 0. The third kappa shape index (κ3) is 1.77. The van der Waals surface area contributed by atoms with Gasteiger partial charge in [0.2, 0.25) is 0 Å². The van der Waals surface area contributed by atoms with E-state index in [1.165, 1.54) is 38.7 Å². The van der Waals surface area contributed by atoms with Crippen LogP contribution in [0.5, 0.6) is 0 Å². The summed E-state index contributed by atoms with van der Waals surface area (Å²) >= 11 is 1.83. The number of para-hydroxylation sites is 3. The van der Waals surface area contributed by atoms with E-state index < -0.39 is 0 Å². The number of benzene rings is 3. The molecule has 6 rings (SSSR count). The highest BCUT2D eigenvalue weighted by molar-refractivity contribution is 7.15. The Morgan fingerprint density at radius 1 is 0.615 bits per heavy atom. The molecule has 4 heteroatoms. The first-order valence-corrected chi connectivity index (χ1v) is 9.71. The van der Waals surface area contributed by atoms with E-state index >= 15 is 0 Å². The van der Waals surface area contributed by atoms with Gasteiger partial charge in [-0.1, -0.05) is 54.6 Å². The lowest BCUT2D eigenvalue weighted by Gasteiger charge is -2.34. The number of hydrogen-bond acceptors (Lipinski definition) is 3. The van der Waals surface area contributed by atoms with Crippen molar-refractivity contribution in [2.75, 3.05) is 9.62 Å². The molecule has 0 amide bonds. The highest BCUT2D eigenvalue weighted by atomic mass is 32.1. The highest BCUT2D eigenvalue weighted by Gasteiger charge is 2.47. The van der Waals surface area contributed by atoms with Crippen molar-refractivity contribution in [1.82, 2.24) is 0 Å². The lowest BCUT2D eigenvalue weighted by atomic mass is 9.60. The fraction of sp³-hybridized carbons (Fsp3) is 0. The molecule has 0 N–H and O–H groups in total. The van der Waals surface area contributed by atoms with Crippen molar-refractivity contribution < 1.29 is 0 Å². The third-order valence-corrected chi connectivity index (χ3v) is 6.25. The number of fused-ring (bicyclic) bond motifs is 8. The molecule has 2 aliphatic rings. The average molecular weight is 350 g/mol. The van der Waals surface area contributed by atoms with E-state index in [0.717, 1.165) is 0 Å². The Balaban J connectivity index is 1.69. The van der Waals surface area contributed by atoms with Crippen LogP contribution < -0.4 is 15.1 Å². The zero-order chi connectivity index (χ0) is 17.1. The van der Waals surface area contributed by atoms with Gasteiger partial charge in [0.25, 0.3) is 0 Å². The van der Waals surface area contributed by atoms with E-state index in [2.05, 4.69) is 99.9 Å². The first kappa shape index (κ1) is 14.2. The van der Waals surface area contributed by atoms with E-state index in [0.29, 0.717) is 0 Å². The van der Waals surface area contributed by atoms with Crippen molar-refractivity contribution in [1.29, 1.82) is 0 Å². The molecule has 3 heterocycles. The van der Waals surface area contributed by atoms with Crippen LogP contribution in [0.2, 0.25) is 0 Å². The summed E-state index contributed by atoms with van der Waals surface area (Å²) < 4.78 is 0. The molecule has 2 nitrogen and oxygen atoms in total. The van der Waals surface area contributed by atoms with Crippen molar-refractivity contribution >= 4 is 46.5 Å². The molecule has 3 aromatic carbocycles. The fourth-order valence-corrected chi connectivity index (χ4v) is 5.21. The van der Waals surface area contributed by atoms with Crippen LogP contribution in [0.3, 0.4) is 0 Å². The van der Waals surface area contributed by atoms with Crippen molar-refractivity contribution in [3.05, 3.63) is 90.3 Å². The number of hydrogen-bond donors (Lipinski definition) is 0. The Kier molecular flexibility index (Phi) is 2.88. The summed E-state index contributed by atoms with van der Waals surface area (Å²) in [7, 11) is 0. The number of rotatable bonds is 1. The maximum Gasteiger partial charge on any atom is 0.421 e. The molecule has 0 bridgehead atoms. The molecule has 0 saturated heterocycles. The molecule has 0 spiro atoms. The molecule has 0 unspecified atom stereocenters. The van der Waals surface area contributed by atoms with Crippen molar-refractivity contribution in [3.63, 3.8) is 0 Å². The topological polar surface area (TPSA) is 6.48 Å². The minimum Gasteiger partial charge on any atom is -0.360 e. The minimum atomic E-state index is 0.146. The van der Waals surface area contributed by atoms with Gasteiger partial charge in [-0.3, -0.25) is 0 Å². The fourth-order valence-electron chi connectivity index (χ4n) is 4.28. The Morgan fingerprint density at radius 3 is 2.15 bits per heavy atom. The molecule has 1 aromatic heterocycles. The van der Waals surface area contributed by atoms with E-state index in [1.54, 1.807) is 0 Å². The van der Waals surface area contributed by atoms with Crippen molar-refractivity contribution in [2.24, 2.45) is 0 Å². The summed E-state index contributed by atoms with van der Waals surface area (Å²) in [5.41, 5.74) is 7.79. The Bertz CT molecular complexity index is 1120. The molecule has 2 aliphatic heterocycles. The number of anilines is 4. The summed E-state index contributed by atoms with van der Waals surface area (Å²) in [5, 5.41) is 2.21. The maximum absolute atomic E-state index is 2.50. The number of nitrogens with zero attached hydrogens (tertiary/aromatic N) is 2. The second-order valence-corrected chi connectivity index (χ2v) is 7.58. The molecule has 0 fully saturated rings. The van der Waals surface area contributed by atoms with Crippen LogP contribution in [-0.2, 0) is 0 Å². The molecule has 122 valence electrons. The summed E-state index contributed by atoms with van der Waals surface area (Å²) in [4.78, 5) is 6.33. The third-order valence-electron chi connectivity index (χ3n) is 5.31. The van der Waals surface area contributed by atoms with Crippen LogP contribution in [0, 0.1) is 0 Å². The van der Waals surface area contributed by atoms with Gasteiger partial charge in [0.05, 0.1) is 16.3 Å². The van der Waals surface area contributed by atoms with Crippen LogP contribution in [0.4, 0.5) is 22.7 Å². The summed E-state index contributed by atoms with van der Waals surface area (Å²) in [6.07, 6.45) is 0. The Hall–Kier alpha value is -2.98. The molecule has 0 saturated carbocycles. The number of thiophene rings is 1. The molecular formula is C22H15BN2S. The standard InChI is InChI=1S/C22H15BN2S/c1-2-8-16(9-3-1)24-19-12-6-7-13-20(19)25-21-14-15-26-22(21)17-10-4-5-11-18(17)23(24)25/h1-15H. The predicted molar refractivity (Wildman–Crippen MR) is 112 cm³/mol. The molecule has 4 aromatic rings. The quantitative estimate of drug-likeness (QED) is 0.423. The molecule has 26 heavy (non-hydrogen) atoms. The van der Waals surface area contributed by atoms with Gasteiger partial charge in [-0.2, -0.15) is 0 Å². The monoisotopic (exact) mass is 350 g/mol. The zero-order valence-corrected chi connectivity index (χ0v) is 14.9. The van der Waals surface area contributed by atoms with E-state index in [-0.39, 0.29) is 6.98 Å². The first-order chi connectivity index (χ1) is 12.9. The van der Waals surface area contributed by atoms with Crippen LogP contribution in [0.15, 0.2) is 90.3 Å². The molecule has 0 atom stereocenters. The smallest absolute Gasteiger partial charge is 0.360 e. The first-order valence-electron chi connectivity index (χ1n) is 8.83. The summed E-state index contributed by atoms with van der Waals surface area (Å²) in [6.45, 7) is 0.146. The van der Waals surface area contributed by atoms with Crippen LogP contribution in [0.25, 0.3) is 10.4 Å². The van der Waals surface area contributed by atoms with Crippen LogP contribution in [0.1, 0.15) is 0 Å². The van der Waals surface area contributed by atoms with Gasteiger partial charge in [0.1, 0.15) is 0 Å². The van der Waals surface area contributed by atoms with Crippen LogP contribution >= 0.6 is 11.3 Å². The normalized spacial score (nSPS) is 13.9. The maximum atomic E-state index is 2.50. The second-order valence-electron chi connectivity index (χ2n) is 6.66. The van der Waals surface area contributed by atoms with Gasteiger partial charge in [-0.15, -0.1) is 11.3 Å². The van der Waals surface area contributed by atoms with E-state index in [4.69, 9.17) is 0 Å². The molecular weight excluding hydrogens is 335 g/mol. The highest BCUT2D eigenvalue weighted by Crippen LogP contribution is 2.51. The minimum absolute atomic E-state index is 0.146. The van der Waals surface area contributed by atoms with Gasteiger partial charge in [-0.25, -0.2) is 0 Å². The van der Waals surface area contributed by atoms with Gasteiger partial charge in [-0.05, 0) is 46.7 Å². The largest absolute Gasteiger partial charge is 0.421 e. The van der Waals surface area contributed by atoms with Gasteiger partial charge >= 0.3 is 6.98 Å². The van der Waals surface area contributed by atoms with E-state index in [1.807, 2.05) is 11.3 Å². The van der Waals surface area contributed by atoms with Crippen molar-refractivity contribution in [3.8, 4) is 10.4 Å². The Labute approximate surface area is 157 Å². The van der Waals surface area contributed by atoms with Gasteiger partial charge in [0, 0.05) is 11.4 Å². The predicted octanol–water partition coefficient (Wildman–Crippen LogP) is 5.41. The van der Waals surface area contributed by atoms with E-state index in [9.17, 15) is 0 Å². The van der Waals surface area contributed by atoms with Crippen molar-refractivity contribution in [2.45, 2.75) is 0 Å². The van der Waals surface area contributed by atoms with Crippen LogP contribution in [-0.4, -0.2) is 6.98 Å². The summed E-state index contributed by atoms with van der Waals surface area (Å²) in [6, 6.07) is 30.5. The SMILES string of the molecule is c1ccc(N2B3c4ccccc4-c4sccc4N3c3ccccc32)cc1. The molecule has 0 radical (unpaired) electrons. The van der Waals surface area contributed by atoms with Gasteiger partial charge in [0.15, 0.2) is 0 Å². The van der Waals surface area contributed by atoms with Gasteiger partial charge < -0.3 is 9.62 Å².